The highest BCUT2D eigenvalue weighted by Crippen LogP contribution is 2.36. The quantitative estimate of drug-likeness (QED) is 0.434. The molecule has 4 aromatic rings. The number of ether oxygens (including phenoxy) is 1. The van der Waals surface area contributed by atoms with Gasteiger partial charge in [-0.15, -0.1) is 0 Å². The molecule has 1 aromatic heterocycles. The number of aryl methyl sites for hydroxylation is 1. The van der Waals surface area contributed by atoms with Crippen LogP contribution in [0.3, 0.4) is 0 Å². The van der Waals surface area contributed by atoms with Crippen molar-refractivity contribution in [1.29, 1.82) is 0 Å². The van der Waals surface area contributed by atoms with E-state index in [0.29, 0.717) is 16.5 Å². The van der Waals surface area contributed by atoms with Crippen LogP contribution in [-0.2, 0) is 11.2 Å². The predicted molar refractivity (Wildman–Crippen MR) is 117 cm³/mol. The highest BCUT2D eigenvalue weighted by atomic mass is 35.5. The van der Waals surface area contributed by atoms with E-state index in [-0.39, 0.29) is 12.3 Å². The number of aromatic nitrogens is 1. The lowest BCUT2D eigenvalue weighted by atomic mass is 9.88. The van der Waals surface area contributed by atoms with Crippen LogP contribution < -0.4 is 9.84 Å². The second kappa shape index (κ2) is 8.64. The molecule has 1 heterocycles. The Labute approximate surface area is 180 Å². The molecule has 4 nitrogen and oxygen atoms in total. The smallest absolute Gasteiger partial charge is 0.127 e. The normalized spacial score (nSPS) is 12.1. The van der Waals surface area contributed by atoms with Gasteiger partial charge in [-0.1, -0.05) is 48.9 Å². The first-order valence-electron chi connectivity index (χ1n) is 9.87. The molecule has 1 atom stereocenters. The molecular weight excluding hydrogens is 398 g/mol. The van der Waals surface area contributed by atoms with Crippen LogP contribution >= 0.6 is 11.6 Å². The number of benzene rings is 3. The zero-order chi connectivity index (χ0) is 21.1. The van der Waals surface area contributed by atoms with Crippen molar-refractivity contribution in [1.82, 2.24) is 4.98 Å². The molecule has 0 saturated heterocycles. The third-order valence-corrected chi connectivity index (χ3v) is 5.52. The lowest BCUT2D eigenvalue weighted by Crippen LogP contribution is -2.24. The van der Waals surface area contributed by atoms with Gasteiger partial charge in [0.15, 0.2) is 0 Å². The van der Waals surface area contributed by atoms with Gasteiger partial charge < -0.3 is 19.6 Å². The molecule has 152 valence electrons. The fourth-order valence-electron chi connectivity index (χ4n) is 3.83. The summed E-state index contributed by atoms with van der Waals surface area (Å²) in [6.07, 6.45) is 2.69. The summed E-state index contributed by atoms with van der Waals surface area (Å²) in [6.45, 7) is 2.10. The lowest BCUT2D eigenvalue weighted by molar-refractivity contribution is -0.305. The van der Waals surface area contributed by atoms with E-state index in [1.807, 2.05) is 42.6 Å². The standard InChI is InChI=1S/C25H22ClNO3/c1-2-16-5-4-8-21-23(15-27-25(16)21)22(14-24(28)29)17-6-3-7-20(13-17)30-19-11-9-18(26)10-12-19/h3-13,15,22,27H,2,14H2,1H3,(H,28,29)/p-1/t22-/m0/s1. The largest absolute Gasteiger partial charge is 0.550 e. The summed E-state index contributed by atoms with van der Waals surface area (Å²) in [5, 5.41) is 13.2. The zero-order valence-corrected chi connectivity index (χ0v) is 17.3. The minimum Gasteiger partial charge on any atom is -0.550 e. The van der Waals surface area contributed by atoms with Gasteiger partial charge in [0.05, 0.1) is 0 Å². The zero-order valence-electron chi connectivity index (χ0n) is 16.5. The molecule has 0 fully saturated rings. The minimum atomic E-state index is -1.09. The number of nitrogens with one attached hydrogen (secondary N) is 1. The predicted octanol–water partition coefficient (Wildman–Crippen LogP) is 5.45. The van der Waals surface area contributed by atoms with E-state index in [0.717, 1.165) is 28.5 Å². The number of H-pyrrole nitrogens is 1. The second-order valence-corrected chi connectivity index (χ2v) is 7.63. The molecule has 4 rings (SSSR count). The van der Waals surface area contributed by atoms with Gasteiger partial charge in [-0.25, -0.2) is 0 Å². The summed E-state index contributed by atoms with van der Waals surface area (Å²) in [4.78, 5) is 14.9. The number of aliphatic carboxylic acids is 1. The molecule has 0 aliphatic rings. The van der Waals surface area contributed by atoms with Crippen LogP contribution in [0.1, 0.15) is 36.0 Å². The number of hydrogen-bond donors (Lipinski definition) is 1. The molecule has 0 saturated carbocycles. The van der Waals surface area contributed by atoms with Crippen molar-refractivity contribution < 1.29 is 14.6 Å². The summed E-state index contributed by atoms with van der Waals surface area (Å²) < 4.78 is 5.94. The van der Waals surface area contributed by atoms with Gasteiger partial charge in [0.2, 0.25) is 0 Å². The highest BCUT2D eigenvalue weighted by molar-refractivity contribution is 6.30. The van der Waals surface area contributed by atoms with Crippen LogP contribution in [0, 0.1) is 0 Å². The Kier molecular flexibility index (Phi) is 5.77. The first-order chi connectivity index (χ1) is 14.5. The van der Waals surface area contributed by atoms with Gasteiger partial charge in [0.1, 0.15) is 11.5 Å². The van der Waals surface area contributed by atoms with Gasteiger partial charge in [-0.05, 0) is 65.9 Å². The van der Waals surface area contributed by atoms with E-state index in [1.165, 1.54) is 5.56 Å². The number of carbonyl (C=O) groups excluding carboxylic acids is 1. The Hall–Kier alpha value is -3.24. The van der Waals surface area contributed by atoms with Gasteiger partial charge in [0, 0.05) is 34.0 Å². The molecule has 1 N–H and O–H groups in total. The Balaban J connectivity index is 1.73. The minimum absolute atomic E-state index is 0.117. The van der Waals surface area contributed by atoms with E-state index in [4.69, 9.17) is 16.3 Å². The van der Waals surface area contributed by atoms with Crippen molar-refractivity contribution in [3.8, 4) is 11.5 Å². The maximum atomic E-state index is 11.6. The van der Waals surface area contributed by atoms with Crippen LogP contribution in [0.4, 0.5) is 0 Å². The molecule has 0 aliphatic heterocycles. The topological polar surface area (TPSA) is 65.2 Å². The molecule has 5 heteroatoms. The fourth-order valence-corrected chi connectivity index (χ4v) is 3.96. The number of aromatic amines is 1. The average molecular weight is 419 g/mol. The second-order valence-electron chi connectivity index (χ2n) is 7.19. The van der Waals surface area contributed by atoms with E-state index in [2.05, 4.69) is 18.0 Å². The summed E-state index contributed by atoms with van der Waals surface area (Å²) >= 11 is 5.94. The van der Waals surface area contributed by atoms with Gasteiger partial charge in [-0.2, -0.15) is 0 Å². The van der Waals surface area contributed by atoms with Crippen LogP contribution in [0.5, 0.6) is 11.5 Å². The molecule has 0 bridgehead atoms. The summed E-state index contributed by atoms with van der Waals surface area (Å²) in [7, 11) is 0. The molecule has 0 unspecified atom stereocenters. The summed E-state index contributed by atoms with van der Waals surface area (Å²) in [5.41, 5.74) is 4.04. The summed E-state index contributed by atoms with van der Waals surface area (Å²) in [5.74, 6) is -0.158. The summed E-state index contributed by atoms with van der Waals surface area (Å²) in [6, 6.07) is 20.7. The number of halogens is 1. The molecule has 0 amide bonds. The molecule has 0 spiro atoms. The SMILES string of the molecule is CCc1cccc2c([C@@H](CC(=O)[O-])c3cccc(Oc4ccc(Cl)cc4)c3)c[nH]c12. The Morgan fingerprint density at radius 3 is 2.57 bits per heavy atom. The Morgan fingerprint density at radius 2 is 1.83 bits per heavy atom. The third kappa shape index (κ3) is 4.19. The first kappa shape index (κ1) is 20.0. The van der Waals surface area contributed by atoms with E-state index < -0.39 is 5.97 Å². The van der Waals surface area contributed by atoms with Crippen molar-refractivity contribution in [2.75, 3.05) is 0 Å². The van der Waals surface area contributed by atoms with Gasteiger partial charge in [-0.3, -0.25) is 0 Å². The molecule has 30 heavy (non-hydrogen) atoms. The number of para-hydroxylation sites is 1. The molecular formula is C25H21ClNO3-. The highest BCUT2D eigenvalue weighted by Gasteiger charge is 2.20. The van der Waals surface area contributed by atoms with Crippen molar-refractivity contribution in [2.24, 2.45) is 0 Å². The van der Waals surface area contributed by atoms with Crippen molar-refractivity contribution in [2.45, 2.75) is 25.7 Å². The number of carboxylic acid groups (broad SMARTS) is 1. The Bertz CT molecular complexity index is 1180. The van der Waals surface area contributed by atoms with Gasteiger partial charge >= 0.3 is 0 Å². The lowest BCUT2D eigenvalue weighted by Gasteiger charge is -2.19. The van der Waals surface area contributed by atoms with Crippen molar-refractivity contribution in [3.63, 3.8) is 0 Å². The maximum absolute atomic E-state index is 11.6. The van der Waals surface area contributed by atoms with E-state index in [1.54, 1.807) is 24.3 Å². The third-order valence-electron chi connectivity index (χ3n) is 5.27. The van der Waals surface area contributed by atoms with E-state index in [9.17, 15) is 9.90 Å². The number of rotatable bonds is 7. The van der Waals surface area contributed by atoms with Crippen LogP contribution in [0.25, 0.3) is 10.9 Å². The van der Waals surface area contributed by atoms with Crippen molar-refractivity contribution in [3.05, 3.63) is 94.6 Å². The van der Waals surface area contributed by atoms with Crippen LogP contribution in [0.2, 0.25) is 5.02 Å². The van der Waals surface area contributed by atoms with Gasteiger partial charge in [0.25, 0.3) is 0 Å². The fraction of sp³-hybridized carbons (Fsp3) is 0.160. The molecule has 0 radical (unpaired) electrons. The number of carbonyl (C=O) groups is 1. The maximum Gasteiger partial charge on any atom is 0.127 e. The monoisotopic (exact) mass is 418 g/mol. The number of fused-ring (bicyclic) bond motifs is 1. The molecule has 0 aliphatic carbocycles. The first-order valence-corrected chi connectivity index (χ1v) is 10.2. The van der Waals surface area contributed by atoms with Crippen LogP contribution in [0.15, 0.2) is 72.9 Å². The number of carboxylic acids is 1. The Morgan fingerprint density at radius 1 is 1.07 bits per heavy atom. The van der Waals surface area contributed by atoms with Crippen molar-refractivity contribution >= 4 is 28.5 Å². The van der Waals surface area contributed by atoms with E-state index >= 15 is 0 Å². The average Bonchev–Trinajstić information content (AvgIpc) is 3.18. The molecule has 3 aromatic carbocycles. The van der Waals surface area contributed by atoms with Crippen LogP contribution in [-0.4, -0.2) is 11.0 Å². The number of hydrogen-bond acceptors (Lipinski definition) is 3.